The first-order valence-corrected chi connectivity index (χ1v) is 9.76. The van der Waals surface area contributed by atoms with Crippen LogP contribution in [0.1, 0.15) is 6.42 Å². The van der Waals surface area contributed by atoms with E-state index in [1.807, 2.05) is 53.4 Å². The number of fused-ring (bicyclic) bond motifs is 1. The largest absolute Gasteiger partial charge is 0.488 e. The van der Waals surface area contributed by atoms with Gasteiger partial charge < -0.3 is 9.64 Å². The fourth-order valence-corrected chi connectivity index (χ4v) is 3.74. The fourth-order valence-electron chi connectivity index (χ4n) is 3.56. The molecule has 1 unspecified atom stereocenters. The summed E-state index contributed by atoms with van der Waals surface area (Å²) in [5.41, 5.74) is 1.19. The van der Waals surface area contributed by atoms with Gasteiger partial charge in [-0.2, -0.15) is 10.1 Å². The molecular formula is C21H18ClN5O2. The van der Waals surface area contributed by atoms with Gasteiger partial charge in [-0.3, -0.25) is 9.78 Å². The summed E-state index contributed by atoms with van der Waals surface area (Å²) >= 11 is 6.03. The van der Waals surface area contributed by atoms with Gasteiger partial charge in [0.15, 0.2) is 5.65 Å². The van der Waals surface area contributed by atoms with Crippen LogP contribution in [0.3, 0.4) is 0 Å². The van der Waals surface area contributed by atoms with Gasteiger partial charge >= 0.3 is 0 Å². The summed E-state index contributed by atoms with van der Waals surface area (Å²) < 4.78 is 7.72. The third-order valence-corrected chi connectivity index (χ3v) is 5.20. The molecule has 8 heteroatoms. The molecule has 0 amide bonds. The zero-order valence-corrected chi connectivity index (χ0v) is 16.2. The van der Waals surface area contributed by atoms with Gasteiger partial charge in [-0.25, -0.2) is 4.68 Å². The van der Waals surface area contributed by atoms with E-state index in [9.17, 15) is 4.79 Å². The van der Waals surface area contributed by atoms with Crippen LogP contribution in [0.5, 0.6) is 5.75 Å². The van der Waals surface area contributed by atoms with E-state index in [0.717, 1.165) is 24.4 Å². The molecule has 1 aliphatic rings. The third kappa shape index (κ3) is 3.45. The van der Waals surface area contributed by atoms with E-state index in [1.54, 1.807) is 16.9 Å². The summed E-state index contributed by atoms with van der Waals surface area (Å²) in [5.74, 6) is 1.26. The highest BCUT2D eigenvalue weighted by molar-refractivity contribution is 6.30. The van der Waals surface area contributed by atoms with Crippen molar-refractivity contribution in [1.82, 2.24) is 19.7 Å². The molecule has 1 aliphatic heterocycles. The SMILES string of the molecule is O=c1[nH]c(N2CCC(Oc3cccc(Cl)c3)C2)nc2c1cnn2-c1ccccc1. The first-order chi connectivity index (χ1) is 14.2. The maximum absolute atomic E-state index is 12.6. The molecule has 0 spiro atoms. The Bertz CT molecular complexity index is 1220. The highest BCUT2D eigenvalue weighted by Gasteiger charge is 2.26. The predicted molar refractivity (Wildman–Crippen MR) is 112 cm³/mol. The highest BCUT2D eigenvalue weighted by Crippen LogP contribution is 2.24. The van der Waals surface area contributed by atoms with Crippen LogP contribution < -0.4 is 15.2 Å². The second-order valence-corrected chi connectivity index (χ2v) is 7.39. The summed E-state index contributed by atoms with van der Waals surface area (Å²) in [6.45, 7) is 1.36. The average molecular weight is 408 g/mol. The van der Waals surface area contributed by atoms with Gasteiger partial charge in [0.25, 0.3) is 5.56 Å². The van der Waals surface area contributed by atoms with Crippen molar-refractivity contribution in [1.29, 1.82) is 0 Å². The lowest BCUT2D eigenvalue weighted by Crippen LogP contribution is -2.28. The molecule has 146 valence electrons. The summed E-state index contributed by atoms with van der Waals surface area (Å²) in [4.78, 5) is 22.2. The van der Waals surface area contributed by atoms with Crippen LogP contribution in [-0.2, 0) is 0 Å². The number of benzene rings is 2. The maximum atomic E-state index is 12.6. The van der Waals surface area contributed by atoms with Crippen LogP contribution >= 0.6 is 11.6 Å². The Hall–Kier alpha value is -3.32. The molecule has 4 aromatic rings. The first kappa shape index (κ1) is 17.8. The molecule has 1 fully saturated rings. The second-order valence-electron chi connectivity index (χ2n) is 6.95. The van der Waals surface area contributed by atoms with Crippen molar-refractivity contribution in [3.05, 3.63) is 76.2 Å². The molecule has 0 radical (unpaired) electrons. The summed E-state index contributed by atoms with van der Waals surface area (Å²) in [7, 11) is 0. The van der Waals surface area contributed by atoms with E-state index in [1.165, 1.54) is 0 Å². The van der Waals surface area contributed by atoms with E-state index in [4.69, 9.17) is 21.3 Å². The van der Waals surface area contributed by atoms with Crippen molar-refractivity contribution < 1.29 is 4.74 Å². The molecule has 0 bridgehead atoms. The van der Waals surface area contributed by atoms with Gasteiger partial charge in [-0.1, -0.05) is 35.9 Å². The number of rotatable bonds is 4. The number of aromatic amines is 1. The molecule has 7 nitrogen and oxygen atoms in total. The van der Waals surface area contributed by atoms with E-state index >= 15 is 0 Å². The number of ether oxygens (including phenoxy) is 1. The number of nitrogens with zero attached hydrogens (tertiary/aromatic N) is 4. The smallest absolute Gasteiger partial charge is 0.263 e. The minimum absolute atomic E-state index is 0.00602. The summed E-state index contributed by atoms with van der Waals surface area (Å²) in [6.07, 6.45) is 2.37. The number of hydrogen-bond donors (Lipinski definition) is 1. The van der Waals surface area contributed by atoms with Gasteiger partial charge in [-0.05, 0) is 30.3 Å². The molecule has 3 heterocycles. The molecule has 2 aromatic carbocycles. The van der Waals surface area contributed by atoms with E-state index in [0.29, 0.717) is 28.5 Å². The molecule has 29 heavy (non-hydrogen) atoms. The Morgan fingerprint density at radius 3 is 2.83 bits per heavy atom. The second kappa shape index (κ2) is 7.25. The molecule has 1 saturated heterocycles. The van der Waals surface area contributed by atoms with Crippen LogP contribution in [-0.4, -0.2) is 38.9 Å². The van der Waals surface area contributed by atoms with Crippen molar-refractivity contribution in [3.63, 3.8) is 0 Å². The van der Waals surface area contributed by atoms with Crippen LogP contribution in [0.4, 0.5) is 5.95 Å². The molecule has 2 aromatic heterocycles. The molecule has 1 atom stereocenters. The Morgan fingerprint density at radius 2 is 2.00 bits per heavy atom. The zero-order valence-electron chi connectivity index (χ0n) is 15.5. The van der Waals surface area contributed by atoms with Crippen LogP contribution in [0.25, 0.3) is 16.7 Å². The van der Waals surface area contributed by atoms with E-state index in [-0.39, 0.29) is 11.7 Å². The van der Waals surface area contributed by atoms with Crippen molar-refractivity contribution in [3.8, 4) is 11.4 Å². The van der Waals surface area contributed by atoms with E-state index in [2.05, 4.69) is 10.1 Å². The minimum Gasteiger partial charge on any atom is -0.488 e. The van der Waals surface area contributed by atoms with Gasteiger partial charge in [0.1, 0.15) is 17.2 Å². The number of halogens is 1. The van der Waals surface area contributed by atoms with Gasteiger partial charge in [0.2, 0.25) is 5.95 Å². The lowest BCUT2D eigenvalue weighted by atomic mass is 10.3. The lowest BCUT2D eigenvalue weighted by Gasteiger charge is -2.18. The monoisotopic (exact) mass is 407 g/mol. The quantitative estimate of drug-likeness (QED) is 0.561. The third-order valence-electron chi connectivity index (χ3n) is 4.97. The molecule has 1 N–H and O–H groups in total. The number of H-pyrrole nitrogens is 1. The summed E-state index contributed by atoms with van der Waals surface area (Å²) in [5, 5.41) is 5.45. The number of anilines is 1. The fraction of sp³-hybridized carbons (Fsp3) is 0.190. The zero-order chi connectivity index (χ0) is 19.8. The number of hydrogen-bond acceptors (Lipinski definition) is 5. The standard InChI is InChI=1S/C21H18ClN5O2/c22-14-5-4-8-16(11-14)29-17-9-10-26(13-17)21-24-19-18(20(28)25-21)12-23-27(19)15-6-2-1-3-7-15/h1-8,11-12,17H,9-10,13H2,(H,24,25,28). The van der Waals surface area contributed by atoms with Crippen molar-refractivity contribution in [2.45, 2.75) is 12.5 Å². The lowest BCUT2D eigenvalue weighted by molar-refractivity contribution is 0.225. The van der Waals surface area contributed by atoms with Gasteiger partial charge in [-0.15, -0.1) is 0 Å². The van der Waals surface area contributed by atoms with Gasteiger partial charge in [0, 0.05) is 18.0 Å². The predicted octanol–water partition coefficient (Wildman–Crippen LogP) is 3.42. The Kier molecular flexibility index (Phi) is 4.44. The minimum atomic E-state index is -0.202. The Balaban J connectivity index is 1.43. The average Bonchev–Trinajstić information content (AvgIpc) is 3.36. The Labute approximate surface area is 171 Å². The van der Waals surface area contributed by atoms with Crippen molar-refractivity contribution >= 4 is 28.6 Å². The number of aromatic nitrogens is 4. The molecule has 0 aliphatic carbocycles. The first-order valence-electron chi connectivity index (χ1n) is 9.38. The van der Waals surface area contributed by atoms with Crippen LogP contribution in [0, 0.1) is 0 Å². The van der Waals surface area contributed by atoms with Crippen molar-refractivity contribution in [2.75, 3.05) is 18.0 Å². The highest BCUT2D eigenvalue weighted by atomic mass is 35.5. The van der Waals surface area contributed by atoms with Crippen LogP contribution in [0.2, 0.25) is 5.02 Å². The Morgan fingerprint density at radius 1 is 1.14 bits per heavy atom. The molecule has 5 rings (SSSR count). The van der Waals surface area contributed by atoms with Gasteiger partial charge in [0.05, 0.1) is 18.4 Å². The number of para-hydroxylation sites is 1. The summed E-state index contributed by atoms with van der Waals surface area (Å²) in [6, 6.07) is 17.0. The van der Waals surface area contributed by atoms with Crippen molar-refractivity contribution in [2.24, 2.45) is 0 Å². The normalized spacial score (nSPS) is 16.4. The molecular weight excluding hydrogens is 390 g/mol. The maximum Gasteiger partial charge on any atom is 0.263 e. The molecule has 0 saturated carbocycles. The van der Waals surface area contributed by atoms with E-state index < -0.39 is 0 Å². The topological polar surface area (TPSA) is 76.0 Å². The van der Waals surface area contributed by atoms with Crippen LogP contribution in [0.15, 0.2) is 65.6 Å². The number of nitrogens with one attached hydrogen (secondary N) is 1.